The van der Waals surface area contributed by atoms with E-state index in [0.29, 0.717) is 0 Å². The lowest BCUT2D eigenvalue weighted by Gasteiger charge is -2.15. The molecule has 0 bridgehead atoms. The van der Waals surface area contributed by atoms with Crippen LogP contribution in [0.4, 0.5) is 0 Å². The van der Waals surface area contributed by atoms with Crippen molar-refractivity contribution in [3.63, 3.8) is 0 Å². The standard InChI is InChI=1S/C20H26OS/c1-14-7-8-18(11-15(14)2)20-16(3)12-19(13-17(20)4)21-9-6-10-22-5/h7-8,11-13H,6,9-10H2,1-5H3. The first kappa shape index (κ1) is 17.0. The Morgan fingerprint density at radius 3 is 2.14 bits per heavy atom. The van der Waals surface area contributed by atoms with Crippen LogP contribution in [-0.2, 0) is 0 Å². The summed E-state index contributed by atoms with van der Waals surface area (Å²) in [6.07, 6.45) is 3.23. The molecule has 0 atom stereocenters. The highest BCUT2D eigenvalue weighted by atomic mass is 32.2. The van der Waals surface area contributed by atoms with E-state index in [0.717, 1.165) is 24.5 Å². The average Bonchev–Trinajstić information content (AvgIpc) is 2.47. The zero-order chi connectivity index (χ0) is 16.1. The molecule has 0 unspecified atom stereocenters. The van der Waals surface area contributed by atoms with Gasteiger partial charge in [-0.3, -0.25) is 0 Å². The molecule has 0 aliphatic heterocycles. The molecule has 0 aromatic heterocycles. The fourth-order valence-electron chi connectivity index (χ4n) is 2.75. The molecule has 2 heteroatoms. The molecule has 2 aromatic carbocycles. The van der Waals surface area contributed by atoms with Crippen molar-refractivity contribution in [2.45, 2.75) is 34.1 Å². The number of hydrogen-bond acceptors (Lipinski definition) is 2. The van der Waals surface area contributed by atoms with Gasteiger partial charge in [0.05, 0.1) is 6.61 Å². The molecule has 0 radical (unpaired) electrons. The minimum absolute atomic E-state index is 0.794. The summed E-state index contributed by atoms with van der Waals surface area (Å²) in [5.74, 6) is 2.14. The van der Waals surface area contributed by atoms with Gasteiger partial charge >= 0.3 is 0 Å². The number of thioether (sulfide) groups is 1. The number of rotatable bonds is 6. The van der Waals surface area contributed by atoms with Gasteiger partial charge in [-0.2, -0.15) is 11.8 Å². The summed E-state index contributed by atoms with van der Waals surface area (Å²) < 4.78 is 5.89. The fourth-order valence-corrected chi connectivity index (χ4v) is 3.16. The maximum atomic E-state index is 5.89. The van der Waals surface area contributed by atoms with Gasteiger partial charge in [0.1, 0.15) is 5.75 Å². The fraction of sp³-hybridized carbons (Fsp3) is 0.400. The Morgan fingerprint density at radius 2 is 1.55 bits per heavy atom. The summed E-state index contributed by atoms with van der Waals surface area (Å²) in [5.41, 5.74) is 7.87. The molecule has 0 spiro atoms. The van der Waals surface area contributed by atoms with Crippen LogP contribution in [0.5, 0.6) is 5.75 Å². The Kier molecular flexibility index (Phi) is 5.96. The molecule has 118 valence electrons. The number of aryl methyl sites for hydroxylation is 4. The van der Waals surface area contributed by atoms with Crippen LogP contribution in [0.2, 0.25) is 0 Å². The largest absolute Gasteiger partial charge is 0.494 e. The third-order valence-electron chi connectivity index (χ3n) is 4.06. The molecule has 0 fully saturated rings. The van der Waals surface area contributed by atoms with Crippen molar-refractivity contribution in [2.24, 2.45) is 0 Å². The van der Waals surface area contributed by atoms with E-state index >= 15 is 0 Å². The van der Waals surface area contributed by atoms with Crippen molar-refractivity contribution in [3.05, 3.63) is 52.6 Å². The first-order valence-corrected chi connectivity index (χ1v) is 9.23. The third kappa shape index (κ3) is 4.07. The van der Waals surface area contributed by atoms with Gasteiger partial charge < -0.3 is 4.74 Å². The Balaban J connectivity index is 2.24. The molecule has 2 aromatic rings. The molecule has 1 nitrogen and oxygen atoms in total. The van der Waals surface area contributed by atoms with E-state index in [2.05, 4.69) is 64.3 Å². The van der Waals surface area contributed by atoms with Crippen LogP contribution in [0.15, 0.2) is 30.3 Å². The van der Waals surface area contributed by atoms with Crippen molar-refractivity contribution in [1.82, 2.24) is 0 Å². The number of hydrogen-bond donors (Lipinski definition) is 0. The summed E-state index contributed by atoms with van der Waals surface area (Å²) in [6, 6.07) is 11.0. The van der Waals surface area contributed by atoms with Crippen LogP contribution in [-0.4, -0.2) is 18.6 Å². The molecule has 0 amide bonds. The first-order valence-electron chi connectivity index (χ1n) is 7.83. The van der Waals surface area contributed by atoms with Crippen molar-refractivity contribution in [2.75, 3.05) is 18.6 Å². The molecule has 0 saturated heterocycles. The van der Waals surface area contributed by atoms with Crippen LogP contribution in [0.1, 0.15) is 28.7 Å². The average molecular weight is 314 g/mol. The zero-order valence-electron chi connectivity index (χ0n) is 14.3. The Labute approximate surface area is 139 Å². The second kappa shape index (κ2) is 7.73. The lowest BCUT2D eigenvalue weighted by molar-refractivity contribution is 0.318. The molecule has 22 heavy (non-hydrogen) atoms. The Morgan fingerprint density at radius 1 is 0.864 bits per heavy atom. The van der Waals surface area contributed by atoms with Crippen LogP contribution >= 0.6 is 11.8 Å². The van der Waals surface area contributed by atoms with E-state index in [1.165, 1.54) is 33.4 Å². The second-order valence-electron chi connectivity index (χ2n) is 5.93. The highest BCUT2D eigenvalue weighted by Gasteiger charge is 2.09. The molecule has 0 heterocycles. The molecule has 0 N–H and O–H groups in total. The minimum Gasteiger partial charge on any atom is -0.494 e. The van der Waals surface area contributed by atoms with Crippen LogP contribution < -0.4 is 4.74 Å². The highest BCUT2D eigenvalue weighted by Crippen LogP contribution is 2.32. The predicted molar refractivity (Wildman–Crippen MR) is 99.3 cm³/mol. The maximum Gasteiger partial charge on any atom is 0.119 e. The van der Waals surface area contributed by atoms with Gasteiger partial charge in [0.2, 0.25) is 0 Å². The van der Waals surface area contributed by atoms with Crippen molar-refractivity contribution in [3.8, 4) is 16.9 Å². The predicted octanol–water partition coefficient (Wildman–Crippen LogP) is 5.72. The van der Waals surface area contributed by atoms with Gasteiger partial charge in [0.25, 0.3) is 0 Å². The van der Waals surface area contributed by atoms with Crippen molar-refractivity contribution in [1.29, 1.82) is 0 Å². The van der Waals surface area contributed by atoms with E-state index < -0.39 is 0 Å². The van der Waals surface area contributed by atoms with Gasteiger partial charge in [-0.05, 0) is 91.6 Å². The lowest BCUT2D eigenvalue weighted by Crippen LogP contribution is -2.00. The normalized spacial score (nSPS) is 10.8. The van der Waals surface area contributed by atoms with Crippen LogP contribution in [0.25, 0.3) is 11.1 Å². The maximum absolute atomic E-state index is 5.89. The Hall–Kier alpha value is -1.41. The quantitative estimate of drug-likeness (QED) is 0.631. The second-order valence-corrected chi connectivity index (χ2v) is 6.91. The summed E-state index contributed by atoms with van der Waals surface area (Å²) in [4.78, 5) is 0. The number of benzene rings is 2. The SMILES string of the molecule is CSCCCOc1cc(C)c(-c2ccc(C)c(C)c2)c(C)c1. The summed E-state index contributed by atoms with van der Waals surface area (Å²) >= 11 is 1.87. The van der Waals surface area contributed by atoms with Gasteiger partial charge in [-0.25, -0.2) is 0 Å². The lowest BCUT2D eigenvalue weighted by atomic mass is 9.93. The van der Waals surface area contributed by atoms with E-state index in [9.17, 15) is 0 Å². The van der Waals surface area contributed by atoms with Gasteiger partial charge in [-0.1, -0.05) is 18.2 Å². The monoisotopic (exact) mass is 314 g/mol. The van der Waals surface area contributed by atoms with E-state index in [1.807, 2.05) is 11.8 Å². The van der Waals surface area contributed by atoms with Gasteiger partial charge in [0, 0.05) is 0 Å². The molecule has 2 rings (SSSR count). The summed E-state index contributed by atoms with van der Waals surface area (Å²) in [6.45, 7) is 9.47. The Bertz CT molecular complexity index is 623. The van der Waals surface area contributed by atoms with Crippen LogP contribution in [0, 0.1) is 27.7 Å². The molecule has 0 saturated carbocycles. The third-order valence-corrected chi connectivity index (χ3v) is 4.76. The molecule has 0 aliphatic rings. The summed E-state index contributed by atoms with van der Waals surface area (Å²) in [5, 5.41) is 0. The molecule has 0 aliphatic carbocycles. The van der Waals surface area contributed by atoms with E-state index in [1.54, 1.807) is 0 Å². The zero-order valence-corrected chi connectivity index (χ0v) is 15.1. The molecular formula is C20H26OS. The van der Waals surface area contributed by atoms with Crippen molar-refractivity contribution < 1.29 is 4.74 Å². The number of ether oxygens (including phenoxy) is 1. The van der Waals surface area contributed by atoms with E-state index in [-0.39, 0.29) is 0 Å². The van der Waals surface area contributed by atoms with E-state index in [4.69, 9.17) is 4.74 Å². The van der Waals surface area contributed by atoms with Gasteiger partial charge in [-0.15, -0.1) is 0 Å². The first-order chi connectivity index (χ1) is 10.5. The van der Waals surface area contributed by atoms with Gasteiger partial charge in [0.15, 0.2) is 0 Å². The topological polar surface area (TPSA) is 9.23 Å². The molecular weight excluding hydrogens is 288 g/mol. The minimum atomic E-state index is 0.794. The smallest absolute Gasteiger partial charge is 0.119 e. The van der Waals surface area contributed by atoms with Crippen molar-refractivity contribution >= 4 is 11.8 Å². The summed E-state index contributed by atoms with van der Waals surface area (Å²) in [7, 11) is 0. The van der Waals surface area contributed by atoms with Crippen LogP contribution in [0.3, 0.4) is 0 Å². The highest BCUT2D eigenvalue weighted by molar-refractivity contribution is 7.98.